The minimum atomic E-state index is -4.43. The van der Waals surface area contributed by atoms with Crippen LogP contribution in [0, 0.1) is 0 Å². The van der Waals surface area contributed by atoms with Crippen molar-refractivity contribution in [2.75, 3.05) is 10.6 Å². The van der Waals surface area contributed by atoms with Crippen molar-refractivity contribution in [2.24, 2.45) is 0 Å². The summed E-state index contributed by atoms with van der Waals surface area (Å²) < 4.78 is 63.9. The molecule has 2 aromatic carbocycles. The molecular weight excluding hydrogens is 458 g/mol. The second-order valence-electron chi connectivity index (χ2n) is 6.00. The van der Waals surface area contributed by atoms with Gasteiger partial charge < -0.3 is 19.7 Å². The number of rotatable bonds is 2. The number of nitrogens with one attached hydrogen (secondary N) is 2. The smallest absolute Gasteiger partial charge is 0.744 e. The number of hydrogen-bond acceptors (Lipinski definition) is 8. The third-order valence-corrected chi connectivity index (χ3v) is 5.64. The van der Waals surface area contributed by atoms with Gasteiger partial charge in [0, 0.05) is 11.4 Å². The summed E-state index contributed by atoms with van der Waals surface area (Å²) in [6.45, 7) is 0. The average molecular weight is 470 g/mol. The molecule has 0 saturated carbocycles. The Balaban J connectivity index is 0.000000281. The fourth-order valence-corrected chi connectivity index (χ4v) is 3.76. The van der Waals surface area contributed by atoms with Crippen molar-refractivity contribution < 1.29 is 94.6 Å². The van der Waals surface area contributed by atoms with Crippen LogP contribution in [0.1, 0.15) is 11.1 Å². The van der Waals surface area contributed by atoms with Crippen LogP contribution in [0.15, 0.2) is 46.2 Å². The van der Waals surface area contributed by atoms with Gasteiger partial charge in [-0.15, -0.1) is 0 Å². The van der Waals surface area contributed by atoms with Crippen molar-refractivity contribution in [3.8, 4) is 0 Å². The SMILES string of the molecule is O=C1Cc2cc(S(=O)(=O)[O-])ccc2N1.O=C1Cc2cc(S(=O)(=O)[O-])ccc2N1.[Na+].[Na+]. The number of benzene rings is 2. The average Bonchev–Trinajstić information content (AvgIpc) is 3.12. The Labute approximate surface area is 216 Å². The molecule has 2 heterocycles. The molecule has 30 heavy (non-hydrogen) atoms. The Hall–Kier alpha value is -0.800. The van der Waals surface area contributed by atoms with Crippen LogP contribution in [-0.4, -0.2) is 37.8 Å². The first-order valence-corrected chi connectivity index (χ1v) is 10.5. The van der Waals surface area contributed by atoms with Crippen molar-refractivity contribution in [3.05, 3.63) is 47.5 Å². The second kappa shape index (κ2) is 10.2. The molecule has 14 heteroatoms. The quantitative estimate of drug-likeness (QED) is 0.323. The van der Waals surface area contributed by atoms with Crippen LogP contribution in [0.5, 0.6) is 0 Å². The Morgan fingerprint density at radius 2 is 1.00 bits per heavy atom. The molecule has 2 N–H and O–H groups in total. The molecule has 10 nitrogen and oxygen atoms in total. The number of anilines is 2. The van der Waals surface area contributed by atoms with Crippen molar-refractivity contribution >= 4 is 43.4 Å². The van der Waals surface area contributed by atoms with Crippen molar-refractivity contribution in [1.29, 1.82) is 0 Å². The molecule has 0 aliphatic carbocycles. The van der Waals surface area contributed by atoms with Gasteiger partial charge in [-0.1, -0.05) is 0 Å². The number of carbonyl (C=O) groups excluding carboxylic acids is 2. The molecule has 148 valence electrons. The predicted octanol–water partition coefficient (Wildman–Crippen LogP) is -5.82. The van der Waals surface area contributed by atoms with E-state index in [-0.39, 0.29) is 93.6 Å². The van der Waals surface area contributed by atoms with Gasteiger partial charge in [0.2, 0.25) is 11.8 Å². The van der Waals surface area contributed by atoms with E-state index < -0.39 is 20.2 Å². The maximum absolute atomic E-state index is 10.9. The van der Waals surface area contributed by atoms with E-state index in [4.69, 9.17) is 0 Å². The van der Waals surface area contributed by atoms with E-state index in [1.54, 1.807) is 0 Å². The van der Waals surface area contributed by atoms with Gasteiger partial charge in [-0.2, -0.15) is 0 Å². The molecule has 0 bridgehead atoms. The van der Waals surface area contributed by atoms with Gasteiger partial charge in [0.1, 0.15) is 20.2 Å². The minimum absolute atomic E-state index is 0. The van der Waals surface area contributed by atoms with Crippen LogP contribution in [0.2, 0.25) is 0 Å². The largest absolute Gasteiger partial charge is 1.00 e. The number of fused-ring (bicyclic) bond motifs is 2. The molecule has 0 spiro atoms. The first kappa shape index (κ1) is 27.2. The van der Waals surface area contributed by atoms with Gasteiger partial charge in [0.25, 0.3) is 0 Å². The van der Waals surface area contributed by atoms with E-state index in [0.29, 0.717) is 22.5 Å². The third-order valence-electron chi connectivity index (χ3n) is 3.98. The normalized spacial score (nSPS) is 14.1. The zero-order chi connectivity index (χ0) is 20.7. The maximum Gasteiger partial charge on any atom is 1.00 e. The van der Waals surface area contributed by atoms with Crippen LogP contribution in [0.3, 0.4) is 0 Å². The van der Waals surface area contributed by atoms with Crippen LogP contribution in [0.25, 0.3) is 0 Å². The predicted molar refractivity (Wildman–Crippen MR) is 93.5 cm³/mol. The van der Waals surface area contributed by atoms with Crippen LogP contribution >= 0.6 is 0 Å². The van der Waals surface area contributed by atoms with E-state index in [9.17, 15) is 35.5 Å². The summed E-state index contributed by atoms with van der Waals surface area (Å²) in [4.78, 5) is 21.2. The van der Waals surface area contributed by atoms with Crippen LogP contribution in [0.4, 0.5) is 11.4 Å². The van der Waals surface area contributed by atoms with Gasteiger partial charge in [-0.3, -0.25) is 9.59 Å². The second-order valence-corrected chi connectivity index (χ2v) is 8.76. The molecule has 4 rings (SSSR count). The molecule has 2 amide bonds. The van der Waals surface area contributed by atoms with Gasteiger partial charge >= 0.3 is 59.1 Å². The number of hydrogen-bond donors (Lipinski definition) is 2. The van der Waals surface area contributed by atoms with E-state index in [1.165, 1.54) is 36.4 Å². The molecule has 0 fully saturated rings. The standard InChI is InChI=1S/2C8H7NO4S.2Na/c2*10-8-4-5-3-6(14(11,12)13)1-2-7(5)9-8;;/h2*1-3H,4H2,(H,9,10)(H,11,12,13);;/q;;2*+1/p-2. The van der Waals surface area contributed by atoms with Crippen LogP contribution < -0.4 is 69.7 Å². The topological polar surface area (TPSA) is 173 Å². The van der Waals surface area contributed by atoms with Crippen LogP contribution in [-0.2, 0) is 42.7 Å². The Morgan fingerprint density at radius 3 is 1.30 bits per heavy atom. The molecule has 0 radical (unpaired) electrons. The van der Waals surface area contributed by atoms with Gasteiger partial charge in [-0.05, 0) is 47.5 Å². The summed E-state index contributed by atoms with van der Waals surface area (Å²) in [7, 11) is -8.86. The molecule has 2 aliphatic rings. The first-order chi connectivity index (χ1) is 12.9. The summed E-state index contributed by atoms with van der Waals surface area (Å²) in [6.07, 6.45) is 0.247. The van der Waals surface area contributed by atoms with E-state index >= 15 is 0 Å². The monoisotopic (exact) mass is 470 g/mol. The molecule has 0 atom stereocenters. The molecule has 0 aromatic heterocycles. The number of amides is 2. The first-order valence-electron chi connectivity index (χ1n) is 7.71. The summed E-state index contributed by atoms with van der Waals surface area (Å²) >= 11 is 0. The van der Waals surface area contributed by atoms with Crippen molar-refractivity contribution in [2.45, 2.75) is 22.6 Å². The summed E-state index contributed by atoms with van der Waals surface area (Å²) in [5.41, 5.74) is 2.24. The minimum Gasteiger partial charge on any atom is -0.744 e. The summed E-state index contributed by atoms with van der Waals surface area (Å²) in [5.74, 6) is -0.388. The van der Waals surface area contributed by atoms with Gasteiger partial charge in [0.05, 0.1) is 22.6 Å². The third kappa shape index (κ3) is 6.60. The molecular formula is C16H12N2Na2O8S2. The van der Waals surface area contributed by atoms with Crippen molar-refractivity contribution in [3.63, 3.8) is 0 Å². The fourth-order valence-electron chi connectivity index (χ4n) is 2.72. The number of carbonyl (C=O) groups is 2. The Bertz CT molecular complexity index is 1120. The Morgan fingerprint density at radius 1 is 0.667 bits per heavy atom. The van der Waals surface area contributed by atoms with Gasteiger partial charge in [0.15, 0.2) is 0 Å². The maximum atomic E-state index is 10.9. The molecule has 2 aliphatic heterocycles. The summed E-state index contributed by atoms with van der Waals surface area (Å²) in [5, 5.41) is 5.08. The van der Waals surface area contributed by atoms with E-state index in [1.807, 2.05) is 0 Å². The summed E-state index contributed by atoms with van der Waals surface area (Å²) in [6, 6.07) is 7.68. The molecule has 0 unspecified atom stereocenters. The molecule has 0 saturated heterocycles. The zero-order valence-corrected chi connectivity index (χ0v) is 21.6. The van der Waals surface area contributed by atoms with Gasteiger partial charge in [-0.25, -0.2) is 16.8 Å². The fraction of sp³-hybridized carbons (Fsp3) is 0.125. The molecule has 2 aromatic rings. The zero-order valence-electron chi connectivity index (χ0n) is 16.0. The van der Waals surface area contributed by atoms with E-state index in [2.05, 4.69) is 10.6 Å². The Kier molecular flexibility index (Phi) is 9.27. The van der Waals surface area contributed by atoms with E-state index in [0.717, 1.165) is 0 Å². The van der Waals surface area contributed by atoms with Crippen molar-refractivity contribution in [1.82, 2.24) is 0 Å².